The number of carbonyl (C=O) groups is 2. The molecule has 1 unspecified atom stereocenters. The second kappa shape index (κ2) is 9.72. The van der Waals surface area contributed by atoms with E-state index in [1.165, 1.54) is 11.8 Å². The van der Waals surface area contributed by atoms with Crippen molar-refractivity contribution in [3.8, 4) is 11.5 Å². The van der Waals surface area contributed by atoms with E-state index in [4.69, 9.17) is 9.47 Å². The highest BCUT2D eigenvalue weighted by Crippen LogP contribution is 2.36. The number of rotatable bonds is 8. The van der Waals surface area contributed by atoms with Crippen LogP contribution in [0.15, 0.2) is 66.3 Å². The fraction of sp³-hybridized carbons (Fsp3) is 0.280. The lowest BCUT2D eigenvalue weighted by molar-refractivity contribution is -0.117. The van der Waals surface area contributed by atoms with Crippen molar-refractivity contribution in [1.82, 2.24) is 14.8 Å². The number of hydrogen-bond donors (Lipinski definition) is 0. The molecular formula is C25H24N4O4S. The maximum absolute atomic E-state index is 12.8. The third kappa shape index (κ3) is 4.43. The molecule has 8 nitrogen and oxygen atoms in total. The molecule has 2 aliphatic heterocycles. The molecule has 1 saturated heterocycles. The van der Waals surface area contributed by atoms with E-state index in [2.05, 4.69) is 16.8 Å². The van der Waals surface area contributed by atoms with Crippen LogP contribution in [-0.2, 0) is 11.3 Å². The van der Waals surface area contributed by atoms with E-state index in [0.29, 0.717) is 47.6 Å². The molecule has 2 aromatic carbocycles. The van der Waals surface area contributed by atoms with E-state index >= 15 is 0 Å². The van der Waals surface area contributed by atoms with Gasteiger partial charge in [0.05, 0.1) is 5.75 Å². The molecule has 0 bridgehead atoms. The largest absolute Gasteiger partial charge is 0.485 e. The molecule has 5 rings (SSSR count). The first-order chi connectivity index (χ1) is 16.6. The molecule has 9 heteroatoms. The summed E-state index contributed by atoms with van der Waals surface area (Å²) in [6.07, 6.45) is 2.80. The van der Waals surface area contributed by atoms with Crippen LogP contribution in [0.25, 0.3) is 0 Å². The second-order valence-electron chi connectivity index (χ2n) is 8.01. The van der Waals surface area contributed by atoms with Crippen molar-refractivity contribution in [3.05, 3.63) is 72.6 Å². The maximum Gasteiger partial charge on any atom is 0.227 e. The molecule has 3 heterocycles. The average Bonchev–Trinajstić information content (AvgIpc) is 3.48. The third-order valence-electron chi connectivity index (χ3n) is 5.76. The molecule has 1 atom stereocenters. The maximum atomic E-state index is 12.8. The summed E-state index contributed by atoms with van der Waals surface area (Å²) < 4.78 is 13.8. The number of thioether (sulfide) groups is 1. The molecule has 174 valence electrons. The highest BCUT2D eigenvalue weighted by molar-refractivity contribution is 7.99. The first-order valence-electron chi connectivity index (χ1n) is 11.1. The Labute approximate surface area is 201 Å². The molecule has 0 aliphatic carbocycles. The summed E-state index contributed by atoms with van der Waals surface area (Å²) in [7, 11) is 0. The number of fused-ring (bicyclic) bond motifs is 1. The number of ketones is 1. The Kier molecular flexibility index (Phi) is 6.35. The van der Waals surface area contributed by atoms with Gasteiger partial charge in [0.15, 0.2) is 34.4 Å². The van der Waals surface area contributed by atoms with Crippen molar-refractivity contribution >= 4 is 29.1 Å². The SMILES string of the molecule is C=CCn1c(SCC(=O)c2ccc(N3CCCC3=O)cc2)nnc1C1COc2ccccc2O1. The van der Waals surface area contributed by atoms with Crippen molar-refractivity contribution in [2.24, 2.45) is 0 Å². The fourth-order valence-corrected chi connectivity index (χ4v) is 4.90. The predicted octanol–water partition coefficient (Wildman–Crippen LogP) is 4.08. The topological polar surface area (TPSA) is 86.6 Å². The minimum absolute atomic E-state index is 0.0230. The van der Waals surface area contributed by atoms with Crippen LogP contribution in [0.4, 0.5) is 5.69 Å². The van der Waals surface area contributed by atoms with Gasteiger partial charge in [0, 0.05) is 30.8 Å². The summed E-state index contributed by atoms with van der Waals surface area (Å²) in [6, 6.07) is 14.7. The molecule has 0 saturated carbocycles. The molecule has 1 aromatic heterocycles. The van der Waals surface area contributed by atoms with Crippen LogP contribution in [0.2, 0.25) is 0 Å². The monoisotopic (exact) mass is 476 g/mol. The van der Waals surface area contributed by atoms with Gasteiger partial charge in [0.2, 0.25) is 5.91 Å². The van der Waals surface area contributed by atoms with Gasteiger partial charge < -0.3 is 14.4 Å². The molecule has 0 spiro atoms. The molecule has 1 fully saturated rings. The van der Waals surface area contributed by atoms with Gasteiger partial charge in [0.1, 0.15) is 6.61 Å². The molecule has 34 heavy (non-hydrogen) atoms. The number of para-hydroxylation sites is 2. The molecule has 3 aromatic rings. The van der Waals surface area contributed by atoms with E-state index in [0.717, 1.165) is 18.7 Å². The zero-order valence-corrected chi connectivity index (χ0v) is 19.4. The lowest BCUT2D eigenvalue weighted by Gasteiger charge is -2.26. The molecule has 0 radical (unpaired) electrons. The quantitative estimate of drug-likeness (QED) is 0.275. The van der Waals surface area contributed by atoms with Crippen molar-refractivity contribution in [1.29, 1.82) is 0 Å². The normalized spacial score (nSPS) is 17.1. The van der Waals surface area contributed by atoms with E-state index in [9.17, 15) is 9.59 Å². The van der Waals surface area contributed by atoms with E-state index in [1.807, 2.05) is 41.0 Å². The van der Waals surface area contributed by atoms with Crippen molar-refractivity contribution < 1.29 is 19.1 Å². The molecule has 1 amide bonds. The van der Waals surface area contributed by atoms with E-state index < -0.39 is 6.10 Å². The summed E-state index contributed by atoms with van der Waals surface area (Å²) in [5.41, 5.74) is 1.43. The number of nitrogens with zero attached hydrogens (tertiary/aromatic N) is 4. The number of ether oxygens (including phenoxy) is 2. The first kappa shape index (κ1) is 22.2. The lowest BCUT2D eigenvalue weighted by atomic mass is 10.1. The Hall–Kier alpha value is -3.59. The smallest absolute Gasteiger partial charge is 0.227 e. The van der Waals surface area contributed by atoms with E-state index in [1.54, 1.807) is 23.1 Å². The summed E-state index contributed by atoms with van der Waals surface area (Å²) in [4.78, 5) is 26.5. The standard InChI is InChI=1S/C25H24N4O4S/c1-2-13-29-24(22-15-32-20-6-3-4-7-21(20)33-22)26-27-25(29)34-16-19(30)17-9-11-18(12-10-17)28-14-5-8-23(28)31/h2-4,6-7,9-12,22H,1,5,8,13-16H2. The predicted molar refractivity (Wildman–Crippen MR) is 129 cm³/mol. The Bertz CT molecular complexity index is 1220. The first-order valence-corrected chi connectivity index (χ1v) is 12.1. The molecular weight excluding hydrogens is 452 g/mol. The van der Waals surface area contributed by atoms with Crippen molar-refractivity contribution in [2.45, 2.75) is 30.6 Å². The Morgan fingerprint density at radius 3 is 2.68 bits per heavy atom. The number of amides is 1. The third-order valence-corrected chi connectivity index (χ3v) is 6.73. The highest BCUT2D eigenvalue weighted by atomic mass is 32.2. The van der Waals surface area contributed by atoms with Gasteiger partial charge in [-0.1, -0.05) is 30.0 Å². The van der Waals surface area contributed by atoms with E-state index in [-0.39, 0.29) is 17.4 Å². The van der Waals surface area contributed by atoms with Crippen LogP contribution < -0.4 is 14.4 Å². The summed E-state index contributed by atoms with van der Waals surface area (Å²) >= 11 is 1.32. The summed E-state index contributed by atoms with van der Waals surface area (Å²) in [5.74, 6) is 2.31. The minimum atomic E-state index is -0.409. The van der Waals surface area contributed by atoms with Crippen molar-refractivity contribution in [2.75, 3.05) is 23.8 Å². The molecule has 2 aliphatic rings. The van der Waals surface area contributed by atoms with Gasteiger partial charge >= 0.3 is 0 Å². The van der Waals surface area contributed by atoms with Gasteiger partial charge in [-0.25, -0.2) is 0 Å². The summed E-state index contributed by atoms with van der Waals surface area (Å²) in [6.45, 7) is 5.37. The second-order valence-corrected chi connectivity index (χ2v) is 8.95. The van der Waals surface area contributed by atoms with Crippen LogP contribution in [0.5, 0.6) is 11.5 Å². The Morgan fingerprint density at radius 2 is 1.94 bits per heavy atom. The zero-order chi connectivity index (χ0) is 23.5. The number of anilines is 1. The summed E-state index contributed by atoms with van der Waals surface area (Å²) in [5, 5.41) is 9.25. The minimum Gasteiger partial charge on any atom is -0.485 e. The van der Waals surface area contributed by atoms with Gasteiger partial charge in [-0.15, -0.1) is 16.8 Å². The number of carbonyl (C=O) groups excluding carboxylic acids is 2. The van der Waals surface area contributed by atoms with Crippen LogP contribution in [0.3, 0.4) is 0 Å². The number of allylic oxidation sites excluding steroid dienone is 1. The highest BCUT2D eigenvalue weighted by Gasteiger charge is 2.28. The van der Waals surface area contributed by atoms with Crippen LogP contribution >= 0.6 is 11.8 Å². The number of aromatic nitrogens is 3. The van der Waals surface area contributed by atoms with Gasteiger partial charge in [-0.05, 0) is 42.8 Å². The van der Waals surface area contributed by atoms with Crippen molar-refractivity contribution in [3.63, 3.8) is 0 Å². The van der Waals surface area contributed by atoms with Gasteiger partial charge in [-0.3, -0.25) is 14.2 Å². The van der Waals surface area contributed by atoms with Crippen LogP contribution in [0, 0.1) is 0 Å². The lowest BCUT2D eigenvalue weighted by Crippen LogP contribution is -2.25. The Morgan fingerprint density at radius 1 is 1.15 bits per heavy atom. The fourth-order valence-electron chi connectivity index (χ4n) is 4.05. The Balaban J connectivity index is 1.27. The number of Topliss-reactive ketones (excluding diaryl/α,β-unsaturated/α-hetero) is 1. The number of benzene rings is 2. The average molecular weight is 477 g/mol. The van der Waals surface area contributed by atoms with Gasteiger partial charge in [0.25, 0.3) is 0 Å². The van der Waals surface area contributed by atoms with Crippen LogP contribution in [0.1, 0.15) is 35.1 Å². The molecule has 0 N–H and O–H groups in total. The van der Waals surface area contributed by atoms with Crippen LogP contribution in [-0.4, -0.2) is 45.4 Å². The van der Waals surface area contributed by atoms with Gasteiger partial charge in [-0.2, -0.15) is 0 Å². The number of hydrogen-bond acceptors (Lipinski definition) is 7. The zero-order valence-electron chi connectivity index (χ0n) is 18.6.